The smallest absolute Gasteiger partial charge is 0.251 e. The fourth-order valence-corrected chi connectivity index (χ4v) is 5.23. The average molecular weight is 485 g/mol. The molecular formula is C32H28N4O. The minimum absolute atomic E-state index is 0.0734. The SMILES string of the molecule is CC1(C)C(c2cnn(-c3ccc(C(=O)NCCc4ccccc4)cc3)c2)=Nc2ccc3ccccc3c21. The minimum Gasteiger partial charge on any atom is -0.352 e. The van der Waals surface area contributed by atoms with Crippen molar-refractivity contribution < 1.29 is 4.79 Å². The highest BCUT2D eigenvalue weighted by atomic mass is 16.1. The lowest BCUT2D eigenvalue weighted by Crippen LogP contribution is -2.26. The lowest BCUT2D eigenvalue weighted by atomic mass is 9.77. The molecule has 1 aliphatic rings. The van der Waals surface area contributed by atoms with Crippen LogP contribution in [0, 0.1) is 0 Å². The van der Waals surface area contributed by atoms with Gasteiger partial charge >= 0.3 is 0 Å². The highest BCUT2D eigenvalue weighted by Gasteiger charge is 2.37. The number of carbonyl (C=O) groups excluding carboxylic acids is 1. The number of aliphatic imine (C=N–C) groups is 1. The molecule has 0 saturated carbocycles. The zero-order chi connectivity index (χ0) is 25.4. The van der Waals surface area contributed by atoms with Crippen LogP contribution in [0.5, 0.6) is 0 Å². The van der Waals surface area contributed by atoms with E-state index in [4.69, 9.17) is 4.99 Å². The van der Waals surface area contributed by atoms with Crippen molar-refractivity contribution in [3.05, 3.63) is 126 Å². The molecule has 0 spiro atoms. The number of benzene rings is 4. The van der Waals surface area contributed by atoms with Crippen LogP contribution in [-0.4, -0.2) is 27.9 Å². The summed E-state index contributed by atoms with van der Waals surface area (Å²) in [5, 5.41) is 10.1. The number of hydrogen-bond donors (Lipinski definition) is 1. The molecule has 0 fully saturated rings. The Kier molecular flexibility index (Phi) is 5.68. The molecule has 182 valence electrons. The summed E-state index contributed by atoms with van der Waals surface area (Å²) in [4.78, 5) is 17.6. The molecule has 0 radical (unpaired) electrons. The van der Waals surface area contributed by atoms with Crippen molar-refractivity contribution in [3.8, 4) is 5.69 Å². The summed E-state index contributed by atoms with van der Waals surface area (Å²) in [5.74, 6) is -0.0734. The van der Waals surface area contributed by atoms with E-state index in [2.05, 4.69) is 72.8 Å². The lowest BCUT2D eigenvalue weighted by Gasteiger charge is -2.23. The number of rotatable bonds is 6. The molecule has 4 aromatic carbocycles. The molecule has 6 rings (SSSR count). The van der Waals surface area contributed by atoms with Crippen LogP contribution in [-0.2, 0) is 11.8 Å². The van der Waals surface area contributed by atoms with Gasteiger partial charge in [0.25, 0.3) is 5.91 Å². The quantitative estimate of drug-likeness (QED) is 0.303. The topological polar surface area (TPSA) is 59.3 Å². The molecule has 5 aromatic rings. The molecule has 1 aromatic heterocycles. The molecular weight excluding hydrogens is 456 g/mol. The Bertz CT molecular complexity index is 1630. The molecule has 37 heavy (non-hydrogen) atoms. The minimum atomic E-state index is -0.244. The monoisotopic (exact) mass is 484 g/mol. The number of aromatic nitrogens is 2. The Labute approximate surface area is 216 Å². The molecule has 0 atom stereocenters. The first kappa shape index (κ1) is 22.9. The molecule has 0 saturated heterocycles. The van der Waals surface area contributed by atoms with Gasteiger partial charge in [-0.3, -0.25) is 9.79 Å². The van der Waals surface area contributed by atoms with Gasteiger partial charge in [-0.25, -0.2) is 4.68 Å². The van der Waals surface area contributed by atoms with Crippen LogP contribution in [0.15, 0.2) is 108 Å². The van der Waals surface area contributed by atoms with E-state index in [1.807, 2.05) is 59.5 Å². The van der Waals surface area contributed by atoms with Gasteiger partial charge in [0.05, 0.1) is 23.3 Å². The maximum absolute atomic E-state index is 12.6. The van der Waals surface area contributed by atoms with E-state index in [9.17, 15) is 4.79 Å². The predicted octanol–water partition coefficient (Wildman–Crippen LogP) is 6.41. The van der Waals surface area contributed by atoms with Crippen LogP contribution >= 0.6 is 0 Å². The second-order valence-electron chi connectivity index (χ2n) is 9.98. The van der Waals surface area contributed by atoms with Crippen LogP contribution < -0.4 is 5.32 Å². The first-order chi connectivity index (χ1) is 18.0. The van der Waals surface area contributed by atoms with Crippen LogP contribution in [0.25, 0.3) is 16.5 Å². The van der Waals surface area contributed by atoms with Crippen LogP contribution in [0.3, 0.4) is 0 Å². The van der Waals surface area contributed by atoms with Crippen molar-refractivity contribution in [1.82, 2.24) is 15.1 Å². The van der Waals surface area contributed by atoms with E-state index >= 15 is 0 Å². The molecule has 5 nitrogen and oxygen atoms in total. The first-order valence-corrected chi connectivity index (χ1v) is 12.6. The van der Waals surface area contributed by atoms with Gasteiger partial charge in [-0.05, 0) is 58.7 Å². The second-order valence-corrected chi connectivity index (χ2v) is 9.98. The normalized spacial score (nSPS) is 13.8. The van der Waals surface area contributed by atoms with Crippen molar-refractivity contribution in [2.24, 2.45) is 4.99 Å². The van der Waals surface area contributed by atoms with Crippen molar-refractivity contribution in [2.45, 2.75) is 25.7 Å². The van der Waals surface area contributed by atoms with Crippen molar-refractivity contribution in [1.29, 1.82) is 0 Å². The molecule has 0 aliphatic carbocycles. The van der Waals surface area contributed by atoms with Gasteiger partial charge in [0.1, 0.15) is 0 Å². The number of amides is 1. The summed E-state index contributed by atoms with van der Waals surface area (Å²) in [6, 6.07) is 30.4. The Morgan fingerprint density at radius 1 is 0.892 bits per heavy atom. The zero-order valence-corrected chi connectivity index (χ0v) is 21.0. The number of nitrogens with zero attached hydrogens (tertiary/aromatic N) is 3. The molecule has 0 unspecified atom stereocenters. The number of nitrogens with one attached hydrogen (secondary N) is 1. The third kappa shape index (κ3) is 4.23. The van der Waals surface area contributed by atoms with Gasteiger partial charge in [0.2, 0.25) is 0 Å². The summed E-state index contributed by atoms with van der Waals surface area (Å²) in [6.45, 7) is 5.06. The Morgan fingerprint density at radius 3 is 2.46 bits per heavy atom. The van der Waals surface area contributed by atoms with E-state index in [1.54, 1.807) is 0 Å². The summed E-state index contributed by atoms with van der Waals surface area (Å²) in [7, 11) is 0. The molecule has 0 bridgehead atoms. The van der Waals surface area contributed by atoms with E-state index in [1.165, 1.54) is 21.9 Å². The largest absolute Gasteiger partial charge is 0.352 e. The van der Waals surface area contributed by atoms with Gasteiger partial charge in [0, 0.05) is 29.3 Å². The fourth-order valence-electron chi connectivity index (χ4n) is 5.23. The van der Waals surface area contributed by atoms with Crippen LogP contribution in [0.4, 0.5) is 5.69 Å². The van der Waals surface area contributed by atoms with Crippen molar-refractivity contribution in [3.63, 3.8) is 0 Å². The van der Waals surface area contributed by atoms with E-state index in [-0.39, 0.29) is 11.3 Å². The summed E-state index contributed by atoms with van der Waals surface area (Å²) in [6.07, 6.45) is 4.70. The maximum atomic E-state index is 12.6. The molecule has 1 aliphatic heterocycles. The summed E-state index contributed by atoms with van der Waals surface area (Å²) < 4.78 is 1.84. The predicted molar refractivity (Wildman–Crippen MR) is 149 cm³/mol. The number of fused-ring (bicyclic) bond motifs is 3. The highest BCUT2D eigenvalue weighted by Crippen LogP contribution is 2.45. The zero-order valence-electron chi connectivity index (χ0n) is 21.0. The highest BCUT2D eigenvalue weighted by molar-refractivity contribution is 6.15. The Hall–Kier alpha value is -4.51. The van der Waals surface area contributed by atoms with Crippen LogP contribution in [0.2, 0.25) is 0 Å². The third-order valence-corrected chi connectivity index (χ3v) is 7.15. The van der Waals surface area contributed by atoms with Gasteiger partial charge in [-0.2, -0.15) is 5.10 Å². The summed E-state index contributed by atoms with van der Waals surface area (Å²) >= 11 is 0. The average Bonchev–Trinajstić information content (AvgIpc) is 3.51. The molecule has 1 N–H and O–H groups in total. The van der Waals surface area contributed by atoms with Gasteiger partial charge in [-0.15, -0.1) is 0 Å². The molecule has 1 amide bonds. The number of hydrogen-bond acceptors (Lipinski definition) is 3. The maximum Gasteiger partial charge on any atom is 0.251 e. The lowest BCUT2D eigenvalue weighted by molar-refractivity contribution is 0.0954. The van der Waals surface area contributed by atoms with Gasteiger partial charge < -0.3 is 5.32 Å². The van der Waals surface area contributed by atoms with E-state index in [0.29, 0.717) is 12.1 Å². The van der Waals surface area contributed by atoms with E-state index < -0.39 is 0 Å². The van der Waals surface area contributed by atoms with Crippen LogP contribution in [0.1, 0.15) is 40.9 Å². The van der Waals surface area contributed by atoms with E-state index in [0.717, 1.165) is 29.1 Å². The first-order valence-electron chi connectivity index (χ1n) is 12.6. The fraction of sp³-hybridized carbons (Fsp3) is 0.156. The van der Waals surface area contributed by atoms with Crippen molar-refractivity contribution >= 4 is 28.1 Å². The molecule has 5 heteroatoms. The second kappa shape index (κ2) is 9.17. The Morgan fingerprint density at radius 2 is 1.65 bits per heavy atom. The van der Waals surface area contributed by atoms with Gasteiger partial charge in [-0.1, -0.05) is 74.5 Å². The summed E-state index contributed by atoms with van der Waals surface area (Å²) in [5.41, 5.74) is 6.78. The van der Waals surface area contributed by atoms with Gasteiger partial charge in [0.15, 0.2) is 0 Å². The number of carbonyl (C=O) groups is 1. The standard InChI is InChI=1S/C32H28N4O/c1-32(2)29-27-11-7-6-10-23(27)14-17-28(29)35-30(32)25-20-34-36(21-25)26-15-12-24(13-16-26)31(37)33-19-18-22-8-4-3-5-9-22/h3-17,20-21H,18-19H2,1-2H3,(H,33,37). The van der Waals surface area contributed by atoms with Crippen molar-refractivity contribution in [2.75, 3.05) is 6.54 Å². The Balaban J connectivity index is 1.18. The molecule has 2 heterocycles. The third-order valence-electron chi connectivity index (χ3n) is 7.15.